The summed E-state index contributed by atoms with van der Waals surface area (Å²) >= 11 is 0. The third kappa shape index (κ3) is 5.04. The van der Waals surface area contributed by atoms with Crippen LogP contribution in [0.5, 0.6) is 0 Å². The lowest BCUT2D eigenvalue weighted by molar-refractivity contribution is 1.08. The highest BCUT2D eigenvalue weighted by atomic mass is 15.1. The molecule has 13 aromatic carbocycles. The summed E-state index contributed by atoms with van der Waals surface area (Å²) in [6, 6.07) is 79.9. The second-order valence-corrected chi connectivity index (χ2v) is 20.6. The Balaban J connectivity index is 1.17. The van der Waals surface area contributed by atoms with Crippen molar-refractivity contribution in [2.75, 3.05) is 0 Å². The maximum absolute atomic E-state index is 12.8. The van der Waals surface area contributed by atoms with Crippen LogP contribution in [0.25, 0.3) is 169 Å². The lowest BCUT2D eigenvalue weighted by Gasteiger charge is -2.28. The fraction of sp³-hybridized carbons (Fsp3) is 0. The third-order valence-corrected chi connectivity index (χ3v) is 17.1. The molecule has 0 saturated carbocycles. The zero-order valence-electron chi connectivity index (χ0n) is 41.1. The number of hydrogen-bond acceptors (Lipinski definition) is 3. The predicted octanol–water partition coefficient (Wildman–Crippen LogP) is 18.2. The molecular weight excluding hydrogens is 937 g/mol. The zero-order valence-corrected chi connectivity index (χ0v) is 41.1. The Morgan fingerprint density at radius 2 is 0.649 bits per heavy atom. The van der Waals surface area contributed by atoms with E-state index in [1.807, 2.05) is 18.6 Å². The van der Waals surface area contributed by atoms with Gasteiger partial charge in [0.05, 0.1) is 44.6 Å². The molecule has 0 spiro atoms. The van der Waals surface area contributed by atoms with Crippen LogP contribution in [-0.4, -0.2) is 23.7 Å². The minimum atomic E-state index is 0.553. The molecule has 0 fully saturated rings. The van der Waals surface area contributed by atoms with E-state index in [4.69, 9.17) is 4.98 Å². The molecule has 0 unspecified atom stereocenters. The standard InChI is InChI=1S/C71H38N6/c72-38-53-68(75-55-29-11-24-47-42-20-7-8-21-43(42)48-25-12-30-56(75)63(48)62(47)55)60(40-16-3-1-4-17-40)70(77-59-33-14-26-49-44-22-9-10-23-45(44)52-35-37-74-71(77)67(52)66(49)59)61(41-18-5-2-6-19-41)69(53)76-57-31-13-27-50-46-34-36-73-39-54(46)51-28-15-32-58(76)65(51)64(50)57/h1-37,39H. The van der Waals surface area contributed by atoms with E-state index in [1.54, 1.807) is 0 Å². The average molecular weight is 975 g/mol. The molecule has 6 heteroatoms. The number of hydrogen-bond donors (Lipinski definition) is 0. The lowest BCUT2D eigenvalue weighted by atomic mass is 9.88. The maximum Gasteiger partial charge on any atom is 0.146 e. The Morgan fingerprint density at radius 1 is 0.299 bits per heavy atom. The van der Waals surface area contributed by atoms with Crippen molar-refractivity contribution in [2.45, 2.75) is 0 Å². The normalized spacial score (nSPS) is 12.4. The van der Waals surface area contributed by atoms with E-state index >= 15 is 0 Å². The summed E-state index contributed by atoms with van der Waals surface area (Å²) in [7, 11) is 0. The highest BCUT2D eigenvalue weighted by Crippen LogP contribution is 2.55. The first-order chi connectivity index (χ1) is 38.3. The monoisotopic (exact) mass is 974 g/mol. The van der Waals surface area contributed by atoms with Crippen molar-refractivity contribution in [1.29, 1.82) is 5.26 Å². The van der Waals surface area contributed by atoms with Gasteiger partial charge in [-0.3, -0.25) is 9.55 Å². The minimum Gasteiger partial charge on any atom is -0.307 e. The van der Waals surface area contributed by atoms with Crippen LogP contribution in [-0.2, 0) is 0 Å². The molecule has 0 atom stereocenters. The smallest absolute Gasteiger partial charge is 0.146 e. The molecule has 77 heavy (non-hydrogen) atoms. The second-order valence-electron chi connectivity index (χ2n) is 20.6. The van der Waals surface area contributed by atoms with Gasteiger partial charge in [-0.05, 0) is 113 Å². The van der Waals surface area contributed by atoms with Gasteiger partial charge in [-0.1, -0.05) is 170 Å². The third-order valence-electron chi connectivity index (χ3n) is 17.1. The van der Waals surface area contributed by atoms with E-state index in [0.717, 1.165) is 121 Å². The molecule has 0 saturated heterocycles. The minimum absolute atomic E-state index is 0.553. The summed E-state index contributed by atoms with van der Waals surface area (Å²) in [5, 5.41) is 33.7. The Labute approximate surface area is 438 Å². The molecule has 0 N–H and O–H groups in total. The Kier molecular flexibility index (Phi) is 7.84. The van der Waals surface area contributed by atoms with Gasteiger partial charge in [0.1, 0.15) is 17.3 Å². The molecule has 0 aliphatic carbocycles. The Morgan fingerprint density at radius 3 is 1.09 bits per heavy atom. The van der Waals surface area contributed by atoms with Crippen molar-refractivity contribution in [3.05, 3.63) is 236 Å². The highest BCUT2D eigenvalue weighted by molar-refractivity contribution is 6.37. The molecule has 0 aliphatic rings. The fourth-order valence-electron chi connectivity index (χ4n) is 14.2. The molecular formula is C71H38N6. The van der Waals surface area contributed by atoms with E-state index in [-0.39, 0.29) is 0 Å². The summed E-state index contributed by atoms with van der Waals surface area (Å²) in [6.45, 7) is 0. The summed E-state index contributed by atoms with van der Waals surface area (Å²) in [4.78, 5) is 10.2. The number of benzene rings is 13. The van der Waals surface area contributed by atoms with E-state index in [9.17, 15) is 5.26 Å². The first kappa shape index (κ1) is 40.8. The van der Waals surface area contributed by atoms with Gasteiger partial charge in [0.2, 0.25) is 0 Å². The topological polar surface area (TPSA) is 64.4 Å². The van der Waals surface area contributed by atoms with Crippen LogP contribution in [0.2, 0.25) is 0 Å². The number of fused-ring (bicyclic) bond motifs is 9. The molecule has 5 aromatic heterocycles. The number of rotatable bonds is 5. The van der Waals surface area contributed by atoms with Crippen LogP contribution in [0.4, 0.5) is 0 Å². The Hall–Kier alpha value is -10.6. The summed E-state index contributed by atoms with van der Waals surface area (Å²) in [5.41, 5.74) is 12.9. The van der Waals surface area contributed by atoms with Gasteiger partial charge in [-0.25, -0.2) is 4.98 Å². The van der Waals surface area contributed by atoms with Gasteiger partial charge >= 0.3 is 0 Å². The first-order valence-corrected chi connectivity index (χ1v) is 26.2. The van der Waals surface area contributed by atoms with Gasteiger partial charge < -0.3 is 9.13 Å². The van der Waals surface area contributed by atoms with Gasteiger partial charge in [0.15, 0.2) is 0 Å². The number of aromatic nitrogens is 5. The quantitative estimate of drug-likeness (QED) is 0.161. The first-order valence-electron chi connectivity index (χ1n) is 26.2. The van der Waals surface area contributed by atoms with Crippen LogP contribution in [0.1, 0.15) is 5.56 Å². The average Bonchev–Trinajstić information content (AvgIpc) is 4.32. The van der Waals surface area contributed by atoms with Crippen LogP contribution in [0, 0.1) is 11.3 Å². The summed E-state index contributed by atoms with van der Waals surface area (Å²) in [6.07, 6.45) is 5.88. The SMILES string of the molecule is N#Cc1c(-n2c3cccc4c5ccccc5c5cccc2c5c43)c(-c2ccccc2)c(-n2c3cccc4c5ccccc5c5ccnc2c5c43)c(-c2ccccc2)c1-n1c2cccc3c4ccncc4c4cccc1c4c32. The summed E-state index contributed by atoms with van der Waals surface area (Å²) < 4.78 is 7.30. The van der Waals surface area contributed by atoms with Crippen molar-refractivity contribution in [1.82, 2.24) is 23.7 Å². The molecule has 0 bridgehead atoms. The van der Waals surface area contributed by atoms with Crippen LogP contribution in [0.3, 0.4) is 0 Å². The zero-order chi connectivity index (χ0) is 50.2. The van der Waals surface area contributed by atoms with E-state index < -0.39 is 0 Å². The second kappa shape index (κ2) is 14.8. The van der Waals surface area contributed by atoms with Crippen molar-refractivity contribution >= 4 is 130 Å². The molecule has 352 valence electrons. The van der Waals surface area contributed by atoms with Crippen molar-refractivity contribution in [2.24, 2.45) is 0 Å². The van der Waals surface area contributed by atoms with Gasteiger partial charge in [0.25, 0.3) is 0 Å². The maximum atomic E-state index is 12.8. The highest BCUT2D eigenvalue weighted by Gasteiger charge is 2.35. The lowest BCUT2D eigenvalue weighted by Crippen LogP contribution is -2.13. The van der Waals surface area contributed by atoms with Crippen molar-refractivity contribution < 1.29 is 0 Å². The number of nitrogens with zero attached hydrogens (tertiary/aromatic N) is 6. The molecule has 0 amide bonds. The molecule has 18 rings (SSSR count). The molecule has 18 aromatic rings. The molecule has 0 radical (unpaired) electrons. The van der Waals surface area contributed by atoms with Gasteiger partial charge in [0, 0.05) is 67.4 Å². The van der Waals surface area contributed by atoms with Crippen LogP contribution in [0.15, 0.2) is 231 Å². The van der Waals surface area contributed by atoms with Crippen LogP contribution < -0.4 is 0 Å². The Bertz CT molecular complexity index is 5070. The molecule has 5 heterocycles. The van der Waals surface area contributed by atoms with E-state index in [2.05, 4.69) is 237 Å². The van der Waals surface area contributed by atoms with E-state index in [1.165, 1.54) is 48.5 Å². The summed E-state index contributed by atoms with van der Waals surface area (Å²) in [5.74, 6) is 0. The molecule has 0 aliphatic heterocycles. The van der Waals surface area contributed by atoms with Crippen molar-refractivity contribution in [3.63, 3.8) is 0 Å². The largest absolute Gasteiger partial charge is 0.307 e. The number of nitriles is 1. The van der Waals surface area contributed by atoms with Crippen molar-refractivity contribution in [3.8, 4) is 45.4 Å². The van der Waals surface area contributed by atoms with Gasteiger partial charge in [-0.15, -0.1) is 0 Å². The fourth-order valence-corrected chi connectivity index (χ4v) is 14.2. The van der Waals surface area contributed by atoms with Gasteiger partial charge in [-0.2, -0.15) is 5.26 Å². The predicted molar refractivity (Wildman–Crippen MR) is 319 cm³/mol. The molecule has 6 nitrogen and oxygen atoms in total. The number of pyridine rings is 2. The van der Waals surface area contributed by atoms with Crippen LogP contribution >= 0.6 is 0 Å². The van der Waals surface area contributed by atoms with E-state index in [0.29, 0.717) is 5.56 Å².